The van der Waals surface area contributed by atoms with E-state index in [4.69, 9.17) is 4.74 Å². The lowest BCUT2D eigenvalue weighted by molar-refractivity contribution is -0.119. The molecule has 8 nitrogen and oxygen atoms in total. The number of para-hydroxylation sites is 1. The third kappa shape index (κ3) is 3.78. The first-order chi connectivity index (χ1) is 14.4. The predicted molar refractivity (Wildman–Crippen MR) is 112 cm³/mol. The van der Waals surface area contributed by atoms with Crippen molar-refractivity contribution >= 4 is 33.2 Å². The van der Waals surface area contributed by atoms with Crippen molar-refractivity contribution in [2.45, 2.75) is 37.1 Å². The zero-order valence-corrected chi connectivity index (χ0v) is 17.4. The third-order valence-corrected chi connectivity index (χ3v) is 7.26. The fraction of sp³-hybridized carbons (Fsp3) is 0.333. The molecule has 2 aromatic carbocycles. The van der Waals surface area contributed by atoms with E-state index < -0.39 is 16.1 Å². The van der Waals surface area contributed by atoms with Gasteiger partial charge in [-0.2, -0.15) is 4.31 Å². The van der Waals surface area contributed by atoms with Gasteiger partial charge in [0.1, 0.15) is 11.8 Å². The molecule has 30 heavy (non-hydrogen) atoms. The topological polar surface area (TPSA) is 105 Å². The maximum absolute atomic E-state index is 13.3. The Hall–Kier alpha value is -2.91. The number of carbonyl (C=O) groups excluding carboxylic acids is 2. The molecule has 2 aromatic rings. The summed E-state index contributed by atoms with van der Waals surface area (Å²) in [5, 5.41) is 5.51. The maximum Gasteiger partial charge on any atom is 0.262 e. The van der Waals surface area contributed by atoms with Crippen LogP contribution in [0.2, 0.25) is 0 Å². The molecule has 0 aliphatic carbocycles. The molecule has 1 fully saturated rings. The summed E-state index contributed by atoms with van der Waals surface area (Å²) >= 11 is 0. The van der Waals surface area contributed by atoms with Gasteiger partial charge in [0.15, 0.2) is 6.61 Å². The van der Waals surface area contributed by atoms with E-state index in [-0.39, 0.29) is 29.9 Å². The Morgan fingerprint density at radius 2 is 2.07 bits per heavy atom. The van der Waals surface area contributed by atoms with E-state index in [9.17, 15) is 18.0 Å². The van der Waals surface area contributed by atoms with Crippen molar-refractivity contribution in [3.05, 3.63) is 48.0 Å². The van der Waals surface area contributed by atoms with Crippen LogP contribution in [0.5, 0.6) is 5.75 Å². The second-order valence-electron chi connectivity index (χ2n) is 7.27. The van der Waals surface area contributed by atoms with Crippen LogP contribution in [-0.2, 0) is 26.0 Å². The largest absolute Gasteiger partial charge is 0.482 e. The summed E-state index contributed by atoms with van der Waals surface area (Å²) in [6.45, 7) is 2.15. The lowest BCUT2D eigenvalue weighted by Crippen LogP contribution is -2.43. The second kappa shape index (κ2) is 8.08. The number of carbonyl (C=O) groups is 2. The van der Waals surface area contributed by atoms with Gasteiger partial charge in [-0.3, -0.25) is 9.59 Å². The van der Waals surface area contributed by atoms with Crippen molar-refractivity contribution in [1.82, 2.24) is 4.31 Å². The molecule has 2 amide bonds. The first kappa shape index (κ1) is 20.4. The highest BCUT2D eigenvalue weighted by atomic mass is 32.2. The summed E-state index contributed by atoms with van der Waals surface area (Å²) in [6, 6.07) is 11.0. The highest BCUT2D eigenvalue weighted by Gasteiger charge is 2.40. The number of fused-ring (bicyclic) bond motifs is 1. The molecule has 4 rings (SSSR count). The van der Waals surface area contributed by atoms with Crippen LogP contribution in [0.3, 0.4) is 0 Å². The number of ether oxygens (including phenoxy) is 1. The number of hydrogen-bond acceptors (Lipinski definition) is 5. The Bertz CT molecular complexity index is 1100. The van der Waals surface area contributed by atoms with Crippen LogP contribution in [0, 0.1) is 0 Å². The van der Waals surface area contributed by atoms with E-state index in [1.165, 1.54) is 22.5 Å². The van der Waals surface area contributed by atoms with Gasteiger partial charge in [-0.1, -0.05) is 25.1 Å². The number of hydrogen-bond donors (Lipinski definition) is 2. The van der Waals surface area contributed by atoms with Crippen molar-refractivity contribution in [2.75, 3.05) is 23.8 Å². The zero-order chi connectivity index (χ0) is 21.3. The van der Waals surface area contributed by atoms with Crippen LogP contribution < -0.4 is 15.4 Å². The minimum Gasteiger partial charge on any atom is -0.482 e. The number of rotatable bonds is 5. The average molecular weight is 429 g/mol. The molecule has 1 unspecified atom stereocenters. The summed E-state index contributed by atoms with van der Waals surface area (Å²) in [5.74, 6) is -0.267. The molecule has 0 saturated carbocycles. The molecule has 2 N–H and O–H groups in total. The number of sulfonamides is 1. The quantitative estimate of drug-likeness (QED) is 0.759. The fourth-order valence-electron chi connectivity index (χ4n) is 3.81. The van der Waals surface area contributed by atoms with Gasteiger partial charge >= 0.3 is 0 Å². The molecule has 1 atom stereocenters. The number of benzene rings is 2. The Labute approximate surface area is 175 Å². The van der Waals surface area contributed by atoms with Crippen molar-refractivity contribution < 1.29 is 22.7 Å². The van der Waals surface area contributed by atoms with Crippen LogP contribution in [0.25, 0.3) is 0 Å². The number of amides is 2. The summed E-state index contributed by atoms with van der Waals surface area (Å²) in [7, 11) is -3.93. The Morgan fingerprint density at radius 1 is 1.27 bits per heavy atom. The van der Waals surface area contributed by atoms with Crippen LogP contribution in [0.15, 0.2) is 47.4 Å². The third-order valence-electron chi connectivity index (χ3n) is 5.35. The van der Waals surface area contributed by atoms with Crippen molar-refractivity contribution in [1.29, 1.82) is 0 Å². The van der Waals surface area contributed by atoms with E-state index in [1.807, 2.05) is 31.2 Å². The van der Waals surface area contributed by atoms with Gasteiger partial charge in [0.2, 0.25) is 15.9 Å². The van der Waals surface area contributed by atoms with Crippen LogP contribution >= 0.6 is 0 Å². The molecule has 0 aromatic heterocycles. The Kier molecular flexibility index (Phi) is 5.48. The highest BCUT2D eigenvalue weighted by molar-refractivity contribution is 7.89. The molecule has 0 spiro atoms. The van der Waals surface area contributed by atoms with E-state index in [2.05, 4.69) is 10.6 Å². The van der Waals surface area contributed by atoms with Crippen molar-refractivity contribution in [3.63, 3.8) is 0 Å². The minimum absolute atomic E-state index is 0.0145. The lowest BCUT2D eigenvalue weighted by Gasteiger charge is -2.25. The Balaban J connectivity index is 1.59. The first-order valence-corrected chi connectivity index (χ1v) is 11.3. The second-order valence-corrected chi connectivity index (χ2v) is 9.16. The van der Waals surface area contributed by atoms with Gasteiger partial charge in [0.25, 0.3) is 5.91 Å². The van der Waals surface area contributed by atoms with Crippen molar-refractivity contribution in [3.8, 4) is 5.75 Å². The highest BCUT2D eigenvalue weighted by Crippen LogP contribution is 2.33. The molecule has 2 heterocycles. The normalized spacial score (nSPS) is 19.0. The van der Waals surface area contributed by atoms with E-state index >= 15 is 0 Å². The molecule has 1 saturated heterocycles. The van der Waals surface area contributed by atoms with Gasteiger partial charge in [-0.15, -0.1) is 0 Å². The Morgan fingerprint density at radius 3 is 2.87 bits per heavy atom. The molecule has 0 radical (unpaired) electrons. The maximum atomic E-state index is 13.3. The SMILES string of the molecule is CCc1ccccc1NC(=O)C1CCCN1S(=O)(=O)c1ccc2c(c1)NC(=O)CO2. The minimum atomic E-state index is -3.93. The molecule has 0 bridgehead atoms. The molecule has 9 heteroatoms. The van der Waals surface area contributed by atoms with Gasteiger partial charge < -0.3 is 15.4 Å². The number of nitrogens with one attached hydrogen (secondary N) is 2. The van der Waals surface area contributed by atoms with Gasteiger partial charge in [-0.25, -0.2) is 8.42 Å². The van der Waals surface area contributed by atoms with E-state index in [0.717, 1.165) is 12.0 Å². The fourth-order valence-corrected chi connectivity index (χ4v) is 5.50. The summed E-state index contributed by atoms with van der Waals surface area (Å²) in [4.78, 5) is 24.5. The summed E-state index contributed by atoms with van der Waals surface area (Å²) < 4.78 is 33.1. The van der Waals surface area contributed by atoms with E-state index in [0.29, 0.717) is 30.0 Å². The van der Waals surface area contributed by atoms with Gasteiger partial charge in [-0.05, 0) is 49.1 Å². The van der Waals surface area contributed by atoms with Gasteiger partial charge in [0, 0.05) is 12.2 Å². The average Bonchev–Trinajstić information content (AvgIpc) is 3.24. The monoisotopic (exact) mass is 429 g/mol. The smallest absolute Gasteiger partial charge is 0.262 e. The summed E-state index contributed by atoms with van der Waals surface area (Å²) in [6.07, 6.45) is 1.80. The van der Waals surface area contributed by atoms with Crippen LogP contribution in [-0.4, -0.2) is 43.7 Å². The van der Waals surface area contributed by atoms with Crippen LogP contribution in [0.4, 0.5) is 11.4 Å². The number of aryl methyl sites for hydroxylation is 1. The lowest BCUT2D eigenvalue weighted by atomic mass is 10.1. The summed E-state index contributed by atoms with van der Waals surface area (Å²) in [5.41, 5.74) is 2.00. The van der Waals surface area contributed by atoms with E-state index in [1.54, 1.807) is 0 Å². The van der Waals surface area contributed by atoms with Gasteiger partial charge in [0.05, 0.1) is 10.6 Å². The molecule has 158 valence electrons. The number of anilines is 2. The molecule has 2 aliphatic heterocycles. The molecule has 2 aliphatic rings. The van der Waals surface area contributed by atoms with Crippen LogP contribution in [0.1, 0.15) is 25.3 Å². The zero-order valence-electron chi connectivity index (χ0n) is 16.6. The number of nitrogens with zero attached hydrogens (tertiary/aromatic N) is 1. The predicted octanol–water partition coefficient (Wildman–Crippen LogP) is 2.37. The molecular weight excluding hydrogens is 406 g/mol. The standard InChI is InChI=1S/C21H23N3O5S/c1-2-14-6-3-4-7-16(14)23-21(26)18-8-5-11-24(18)30(27,28)15-9-10-19-17(12-15)22-20(25)13-29-19/h3-4,6-7,9-10,12,18H,2,5,8,11,13H2,1H3,(H,22,25)(H,23,26). The van der Waals surface area contributed by atoms with Crippen molar-refractivity contribution in [2.24, 2.45) is 0 Å². The molecular formula is C21H23N3O5S. The first-order valence-electron chi connectivity index (χ1n) is 9.87.